The number of carbonyl (C=O) groups excluding carboxylic acids is 1. The first kappa shape index (κ1) is 35.0. The van der Waals surface area contributed by atoms with E-state index in [1.54, 1.807) is 11.8 Å². The van der Waals surface area contributed by atoms with Crippen molar-refractivity contribution in [1.29, 1.82) is 0 Å². The predicted octanol–water partition coefficient (Wildman–Crippen LogP) is 7.51. The van der Waals surface area contributed by atoms with Crippen molar-refractivity contribution in [3.63, 3.8) is 0 Å². The molecule has 0 saturated carbocycles. The molecule has 3 aromatic rings. The molecule has 1 amide bonds. The summed E-state index contributed by atoms with van der Waals surface area (Å²) >= 11 is 1.73. The van der Waals surface area contributed by atoms with E-state index in [1.165, 1.54) is 77.0 Å². The molecule has 3 rings (SSSR count). The van der Waals surface area contributed by atoms with Crippen LogP contribution in [0.1, 0.15) is 110 Å². The third kappa shape index (κ3) is 12.5. The minimum absolute atomic E-state index is 0.0762. The molecule has 2 aromatic heterocycles. The molecule has 0 aliphatic carbocycles. The Morgan fingerprint density at radius 3 is 2.26 bits per heavy atom. The Balaban J connectivity index is 1.23. The number of thioether (sulfide) groups is 1. The fourth-order valence-electron chi connectivity index (χ4n) is 5.27. The van der Waals surface area contributed by atoms with E-state index in [2.05, 4.69) is 24.1 Å². The molecule has 0 radical (unpaired) electrons. The average molecular weight is 614 g/mol. The number of nitrogen functional groups attached to an aromatic ring is 1. The summed E-state index contributed by atoms with van der Waals surface area (Å²) in [6.45, 7) is 6.16. The van der Waals surface area contributed by atoms with Gasteiger partial charge in [-0.1, -0.05) is 109 Å². The Labute approximate surface area is 263 Å². The van der Waals surface area contributed by atoms with Crippen molar-refractivity contribution < 1.29 is 14.4 Å². The number of pyridine rings is 1. The van der Waals surface area contributed by atoms with Crippen molar-refractivity contribution in [3.8, 4) is 0 Å². The van der Waals surface area contributed by atoms with Gasteiger partial charge in [0.15, 0.2) is 5.82 Å². The molecular formula is C34H55N5O3S. The number of rotatable bonds is 25. The zero-order valence-corrected chi connectivity index (χ0v) is 27.5. The van der Waals surface area contributed by atoms with Crippen molar-refractivity contribution >= 4 is 45.4 Å². The van der Waals surface area contributed by atoms with Crippen molar-refractivity contribution in [2.24, 2.45) is 0 Å². The molecule has 0 fully saturated rings. The molecule has 0 aliphatic heterocycles. The van der Waals surface area contributed by atoms with E-state index in [9.17, 15) is 4.79 Å². The van der Waals surface area contributed by atoms with Gasteiger partial charge in [-0.15, -0.1) is 0 Å². The molecule has 0 spiro atoms. The summed E-state index contributed by atoms with van der Waals surface area (Å²) in [5.74, 6) is 2.90. The first-order valence-electron chi connectivity index (χ1n) is 16.8. The van der Waals surface area contributed by atoms with Crippen LogP contribution in [0.4, 0.5) is 5.82 Å². The maximum atomic E-state index is 12.2. The second-order valence-corrected chi connectivity index (χ2v) is 12.5. The number of nitrogens with two attached hydrogens (primary N) is 1. The number of hydrogen-bond donors (Lipinski definition) is 2. The minimum Gasteiger partial charge on any atom is -0.410 e. The summed E-state index contributed by atoms with van der Waals surface area (Å²) in [4.78, 5) is 27.6. The Bertz CT molecular complexity index is 1200. The molecule has 0 bridgehead atoms. The molecule has 1 aromatic carbocycles. The van der Waals surface area contributed by atoms with Crippen LogP contribution < -0.4 is 15.9 Å². The number of carbonyl (C=O) groups is 1. The lowest BCUT2D eigenvalue weighted by Crippen LogP contribution is -2.29. The van der Waals surface area contributed by atoms with Gasteiger partial charge < -0.3 is 20.6 Å². The number of aryl methyl sites for hydroxylation is 1. The van der Waals surface area contributed by atoms with Crippen LogP contribution in [0.3, 0.4) is 0 Å². The van der Waals surface area contributed by atoms with Gasteiger partial charge in [-0.3, -0.25) is 4.79 Å². The van der Waals surface area contributed by atoms with Gasteiger partial charge in [0.05, 0.1) is 24.5 Å². The van der Waals surface area contributed by atoms with Gasteiger partial charge in [0.1, 0.15) is 23.5 Å². The number of aromatic nitrogens is 3. The van der Waals surface area contributed by atoms with Crippen LogP contribution in [0.15, 0.2) is 24.3 Å². The molecule has 3 N–H and O–H groups in total. The summed E-state index contributed by atoms with van der Waals surface area (Å²) in [5.41, 5.74) is 8.59. The fraction of sp³-hybridized carbons (Fsp3) is 0.676. The lowest BCUT2D eigenvalue weighted by atomic mass is 10.1. The van der Waals surface area contributed by atoms with Gasteiger partial charge in [-0.25, -0.2) is 9.97 Å². The number of ether oxygens (including phenoxy) is 1. The molecule has 0 atom stereocenters. The number of imidazole rings is 1. The first-order valence-corrected chi connectivity index (χ1v) is 17.9. The van der Waals surface area contributed by atoms with E-state index in [0.29, 0.717) is 43.5 Å². The maximum absolute atomic E-state index is 12.2. The number of hydrogen-bond acceptors (Lipinski definition) is 7. The molecule has 0 unspecified atom stereocenters. The number of nitrogens with zero attached hydrogens (tertiary/aromatic N) is 3. The van der Waals surface area contributed by atoms with E-state index in [0.717, 1.165) is 47.3 Å². The fourth-order valence-corrected chi connectivity index (χ4v) is 6.11. The van der Waals surface area contributed by atoms with Crippen LogP contribution in [0.25, 0.3) is 21.9 Å². The monoisotopic (exact) mass is 613 g/mol. The highest BCUT2D eigenvalue weighted by molar-refractivity contribution is 7.99. The normalized spacial score (nSPS) is 11.5. The number of amides is 1. The van der Waals surface area contributed by atoms with Crippen LogP contribution in [-0.4, -0.2) is 58.5 Å². The van der Waals surface area contributed by atoms with E-state index >= 15 is 0 Å². The van der Waals surface area contributed by atoms with Crippen LogP contribution >= 0.6 is 11.8 Å². The highest BCUT2D eigenvalue weighted by Gasteiger charge is 2.18. The van der Waals surface area contributed by atoms with E-state index in [1.807, 2.05) is 29.0 Å². The summed E-state index contributed by atoms with van der Waals surface area (Å²) in [6, 6.07) is 7.90. The summed E-state index contributed by atoms with van der Waals surface area (Å²) in [5, 5.41) is 3.92. The van der Waals surface area contributed by atoms with Gasteiger partial charge in [0.2, 0.25) is 5.91 Å². The van der Waals surface area contributed by atoms with Gasteiger partial charge in [0, 0.05) is 18.4 Å². The predicted molar refractivity (Wildman–Crippen MR) is 182 cm³/mol. The van der Waals surface area contributed by atoms with E-state index < -0.39 is 0 Å². The van der Waals surface area contributed by atoms with Gasteiger partial charge >= 0.3 is 0 Å². The molecule has 240 valence electrons. The van der Waals surface area contributed by atoms with Crippen molar-refractivity contribution in [2.45, 2.75) is 110 Å². The zero-order valence-electron chi connectivity index (χ0n) is 26.7. The summed E-state index contributed by atoms with van der Waals surface area (Å²) < 4.78 is 7.55. The molecule has 43 heavy (non-hydrogen) atoms. The number of unbranched alkanes of at least 4 members (excludes halogenated alkanes) is 12. The summed E-state index contributed by atoms with van der Waals surface area (Å²) in [6.07, 6.45) is 19.1. The Morgan fingerprint density at radius 1 is 0.860 bits per heavy atom. The van der Waals surface area contributed by atoms with E-state index in [4.69, 9.17) is 20.3 Å². The van der Waals surface area contributed by atoms with Crippen LogP contribution in [0.2, 0.25) is 0 Å². The molecule has 9 heteroatoms. The third-order valence-electron chi connectivity index (χ3n) is 7.69. The number of benzene rings is 1. The van der Waals surface area contributed by atoms with Gasteiger partial charge in [-0.05, 0) is 24.7 Å². The van der Waals surface area contributed by atoms with Crippen molar-refractivity contribution in [1.82, 2.24) is 20.0 Å². The van der Waals surface area contributed by atoms with Crippen LogP contribution in [0.5, 0.6) is 0 Å². The lowest BCUT2D eigenvalue weighted by molar-refractivity contribution is -0.118. The number of fused-ring (bicyclic) bond motifs is 3. The van der Waals surface area contributed by atoms with Gasteiger partial charge in [-0.2, -0.15) is 16.5 Å². The smallest absolute Gasteiger partial charge is 0.230 e. The lowest BCUT2D eigenvalue weighted by Gasteiger charge is -2.12. The third-order valence-corrected chi connectivity index (χ3v) is 8.73. The molecule has 0 aliphatic rings. The number of nitrogens with one attached hydrogen (secondary N) is 1. The molecule has 0 saturated heterocycles. The Kier molecular flexibility index (Phi) is 17.3. The minimum atomic E-state index is 0.0762. The van der Waals surface area contributed by atoms with Crippen LogP contribution in [-0.2, 0) is 16.0 Å². The SMILES string of the molecule is CCCCCCCCCCCCCCSCC(=O)NCCOCCOn1c(CCCC)nc2c(N)nc3ccccc3c21. The van der Waals surface area contributed by atoms with E-state index in [-0.39, 0.29) is 5.91 Å². The van der Waals surface area contributed by atoms with Crippen molar-refractivity contribution in [3.05, 3.63) is 30.1 Å². The molecule has 2 heterocycles. The largest absolute Gasteiger partial charge is 0.410 e. The topological polar surface area (TPSA) is 104 Å². The number of para-hydroxylation sites is 1. The van der Waals surface area contributed by atoms with Crippen molar-refractivity contribution in [2.75, 3.05) is 43.6 Å². The maximum Gasteiger partial charge on any atom is 0.230 e. The Hall–Kier alpha value is -2.52. The second-order valence-electron chi connectivity index (χ2n) is 11.4. The van der Waals surface area contributed by atoms with Gasteiger partial charge in [0.25, 0.3) is 0 Å². The summed E-state index contributed by atoms with van der Waals surface area (Å²) in [7, 11) is 0. The second kappa shape index (κ2) is 21.2. The standard InChI is InChI=1S/C34H55N5O3S/c1-3-5-7-8-9-10-11-12-13-14-15-18-26-43-27-31(40)36-22-23-41-24-25-42-39-30(21-6-4-2)38-32-33(39)28-19-16-17-20-29(28)37-34(32)35/h16-17,19-20H,3-15,18,21-27H2,1-2H3,(H2,35,37)(H,36,40). The molecule has 8 nitrogen and oxygen atoms in total. The quantitative estimate of drug-likeness (QED) is 0.0953. The highest BCUT2D eigenvalue weighted by atomic mass is 32.2. The average Bonchev–Trinajstić information content (AvgIpc) is 3.38. The Morgan fingerprint density at radius 2 is 1.53 bits per heavy atom. The molecular weight excluding hydrogens is 558 g/mol. The highest BCUT2D eigenvalue weighted by Crippen LogP contribution is 2.28. The number of anilines is 1. The zero-order chi connectivity index (χ0) is 30.5. The first-order chi connectivity index (χ1) is 21.2. The van der Waals surface area contributed by atoms with Crippen LogP contribution in [0, 0.1) is 0 Å².